The zero-order valence-corrected chi connectivity index (χ0v) is 14.6. The summed E-state index contributed by atoms with van der Waals surface area (Å²) in [6.45, 7) is 6.13. The third kappa shape index (κ3) is 3.85. The van der Waals surface area contributed by atoms with Gasteiger partial charge in [-0.2, -0.15) is 0 Å². The fraction of sp³-hybridized carbons (Fsp3) is 0.316. The van der Waals surface area contributed by atoms with Crippen molar-refractivity contribution in [2.45, 2.75) is 26.2 Å². The van der Waals surface area contributed by atoms with Gasteiger partial charge in [-0.3, -0.25) is 4.79 Å². The first kappa shape index (κ1) is 17.8. The number of amides is 1. The van der Waals surface area contributed by atoms with Crippen LogP contribution in [-0.2, 0) is 5.41 Å². The van der Waals surface area contributed by atoms with Crippen LogP contribution in [0, 0.1) is 5.82 Å². The summed E-state index contributed by atoms with van der Waals surface area (Å²) in [5, 5.41) is 12.6. The highest BCUT2D eigenvalue weighted by Crippen LogP contribution is 2.31. The van der Waals surface area contributed by atoms with E-state index in [1.807, 2.05) is 26.8 Å². The number of benzene rings is 2. The zero-order chi connectivity index (χ0) is 18.1. The minimum absolute atomic E-state index is 0.0262. The van der Waals surface area contributed by atoms with Gasteiger partial charge in [-0.05, 0) is 41.3 Å². The molecule has 0 atom stereocenters. The van der Waals surface area contributed by atoms with Crippen molar-refractivity contribution in [2.75, 3.05) is 24.3 Å². The monoisotopic (exact) mass is 330 g/mol. The Bertz CT molecular complexity index is 764. The molecule has 2 aromatic carbocycles. The van der Waals surface area contributed by atoms with E-state index in [4.69, 9.17) is 0 Å². The van der Waals surface area contributed by atoms with Crippen LogP contribution < -0.4 is 10.2 Å². The average Bonchev–Trinajstić information content (AvgIpc) is 2.47. The molecule has 0 fully saturated rings. The lowest BCUT2D eigenvalue weighted by molar-refractivity contribution is 0.102. The molecule has 128 valence electrons. The van der Waals surface area contributed by atoms with Gasteiger partial charge in [0.25, 0.3) is 5.91 Å². The number of nitrogens with zero attached hydrogens (tertiary/aromatic N) is 1. The summed E-state index contributed by atoms with van der Waals surface area (Å²) < 4.78 is 14.0. The summed E-state index contributed by atoms with van der Waals surface area (Å²) in [5.74, 6) is -0.970. The van der Waals surface area contributed by atoms with Crippen molar-refractivity contribution in [2.24, 2.45) is 0 Å². The van der Waals surface area contributed by atoms with Crippen LogP contribution in [0.15, 0.2) is 36.4 Å². The molecule has 0 heterocycles. The largest absolute Gasteiger partial charge is 0.506 e. The number of carbonyl (C=O) groups excluding carboxylic acids is 1. The Kier molecular flexibility index (Phi) is 4.83. The van der Waals surface area contributed by atoms with Gasteiger partial charge in [-0.1, -0.05) is 26.8 Å². The van der Waals surface area contributed by atoms with Crippen molar-refractivity contribution >= 4 is 17.3 Å². The molecule has 2 rings (SSSR count). The Morgan fingerprint density at radius 1 is 1.12 bits per heavy atom. The maximum Gasteiger partial charge on any atom is 0.255 e. The predicted octanol–water partition coefficient (Wildman–Crippen LogP) is 4.15. The first-order valence-corrected chi connectivity index (χ1v) is 7.71. The van der Waals surface area contributed by atoms with Crippen LogP contribution in [0.3, 0.4) is 0 Å². The highest BCUT2D eigenvalue weighted by Gasteiger charge is 2.17. The van der Waals surface area contributed by atoms with Crippen LogP contribution in [0.2, 0.25) is 0 Å². The van der Waals surface area contributed by atoms with E-state index < -0.39 is 11.7 Å². The molecule has 4 nitrogen and oxygen atoms in total. The number of carbonyl (C=O) groups is 1. The van der Waals surface area contributed by atoms with Gasteiger partial charge >= 0.3 is 0 Å². The summed E-state index contributed by atoms with van der Waals surface area (Å²) in [7, 11) is 3.46. The SMILES string of the molecule is CN(C)c1ccc(C(=O)Nc2cc(C(C)(C)C)ccc2O)cc1F. The van der Waals surface area contributed by atoms with Gasteiger partial charge in [0, 0.05) is 19.7 Å². The van der Waals surface area contributed by atoms with Crippen LogP contribution >= 0.6 is 0 Å². The molecule has 0 aliphatic carbocycles. The van der Waals surface area contributed by atoms with Crippen molar-refractivity contribution in [1.29, 1.82) is 0 Å². The summed E-state index contributed by atoms with van der Waals surface area (Å²) in [6.07, 6.45) is 0. The fourth-order valence-electron chi connectivity index (χ4n) is 2.31. The van der Waals surface area contributed by atoms with E-state index >= 15 is 0 Å². The van der Waals surface area contributed by atoms with Crippen LogP contribution in [-0.4, -0.2) is 25.1 Å². The van der Waals surface area contributed by atoms with Crippen molar-refractivity contribution < 1.29 is 14.3 Å². The molecular weight excluding hydrogens is 307 g/mol. The number of anilines is 2. The number of phenols is 1. The Labute approximate surface area is 141 Å². The van der Waals surface area contributed by atoms with Gasteiger partial charge in [0.15, 0.2) is 0 Å². The summed E-state index contributed by atoms with van der Waals surface area (Å²) in [6, 6.07) is 9.39. The van der Waals surface area contributed by atoms with Crippen molar-refractivity contribution in [3.8, 4) is 5.75 Å². The van der Waals surface area contributed by atoms with E-state index in [9.17, 15) is 14.3 Å². The summed E-state index contributed by atoms with van der Waals surface area (Å²) >= 11 is 0. The number of halogens is 1. The number of rotatable bonds is 3. The van der Waals surface area contributed by atoms with Crippen LogP contribution in [0.25, 0.3) is 0 Å². The van der Waals surface area contributed by atoms with E-state index in [0.717, 1.165) is 5.56 Å². The van der Waals surface area contributed by atoms with E-state index in [-0.39, 0.29) is 16.7 Å². The van der Waals surface area contributed by atoms with Crippen molar-refractivity contribution in [3.63, 3.8) is 0 Å². The maximum atomic E-state index is 14.0. The Morgan fingerprint density at radius 2 is 1.79 bits per heavy atom. The second kappa shape index (κ2) is 6.51. The smallest absolute Gasteiger partial charge is 0.255 e. The van der Waals surface area contributed by atoms with E-state index in [2.05, 4.69) is 5.32 Å². The normalized spacial score (nSPS) is 11.2. The molecule has 2 aromatic rings. The van der Waals surface area contributed by atoms with E-state index in [1.165, 1.54) is 6.07 Å². The van der Waals surface area contributed by atoms with Gasteiger partial charge < -0.3 is 15.3 Å². The van der Waals surface area contributed by atoms with Gasteiger partial charge in [-0.25, -0.2) is 4.39 Å². The minimum Gasteiger partial charge on any atom is -0.506 e. The predicted molar refractivity (Wildman–Crippen MR) is 95.5 cm³/mol. The molecule has 0 saturated heterocycles. The lowest BCUT2D eigenvalue weighted by Gasteiger charge is -2.20. The molecule has 0 radical (unpaired) electrons. The van der Waals surface area contributed by atoms with Crippen LogP contribution in [0.5, 0.6) is 5.75 Å². The summed E-state index contributed by atoms with van der Waals surface area (Å²) in [5.41, 5.74) is 1.77. The van der Waals surface area contributed by atoms with Crippen molar-refractivity contribution in [3.05, 3.63) is 53.3 Å². The third-order valence-electron chi connectivity index (χ3n) is 3.80. The Morgan fingerprint density at radius 3 is 2.33 bits per heavy atom. The zero-order valence-electron chi connectivity index (χ0n) is 14.6. The molecule has 0 unspecified atom stereocenters. The first-order chi connectivity index (χ1) is 11.1. The fourth-order valence-corrected chi connectivity index (χ4v) is 2.31. The number of hydrogen-bond acceptors (Lipinski definition) is 3. The van der Waals surface area contributed by atoms with Crippen molar-refractivity contribution in [1.82, 2.24) is 0 Å². The van der Waals surface area contributed by atoms with Gasteiger partial charge in [0.1, 0.15) is 11.6 Å². The average molecular weight is 330 g/mol. The highest BCUT2D eigenvalue weighted by molar-refractivity contribution is 6.05. The quantitative estimate of drug-likeness (QED) is 0.831. The van der Waals surface area contributed by atoms with E-state index in [0.29, 0.717) is 11.4 Å². The topological polar surface area (TPSA) is 52.6 Å². The Balaban J connectivity index is 2.28. The molecule has 0 aromatic heterocycles. The van der Waals surface area contributed by atoms with E-state index in [1.54, 1.807) is 43.3 Å². The standard InChI is InChI=1S/C19H23FN2O2/c1-19(2,3)13-7-9-17(23)15(11-13)21-18(24)12-6-8-16(22(4)5)14(20)10-12/h6-11,23H,1-5H3,(H,21,24). The molecule has 0 bridgehead atoms. The molecule has 0 aliphatic heterocycles. The second-order valence-electron chi connectivity index (χ2n) is 7.00. The Hall–Kier alpha value is -2.56. The second-order valence-corrected chi connectivity index (χ2v) is 7.00. The molecule has 5 heteroatoms. The van der Waals surface area contributed by atoms with Gasteiger partial charge in [-0.15, -0.1) is 0 Å². The molecule has 0 aliphatic rings. The van der Waals surface area contributed by atoms with Gasteiger partial charge in [0.2, 0.25) is 0 Å². The molecule has 0 saturated carbocycles. The van der Waals surface area contributed by atoms with Gasteiger partial charge in [0.05, 0.1) is 11.4 Å². The molecule has 0 spiro atoms. The lowest BCUT2D eigenvalue weighted by atomic mass is 9.87. The number of phenolic OH excluding ortho intramolecular Hbond substituents is 1. The number of aromatic hydroxyl groups is 1. The molecule has 2 N–H and O–H groups in total. The number of hydrogen-bond donors (Lipinski definition) is 2. The van der Waals surface area contributed by atoms with Crippen LogP contribution in [0.1, 0.15) is 36.7 Å². The lowest BCUT2D eigenvalue weighted by Crippen LogP contribution is -2.16. The van der Waals surface area contributed by atoms with Crippen LogP contribution in [0.4, 0.5) is 15.8 Å². The summed E-state index contributed by atoms with van der Waals surface area (Å²) in [4.78, 5) is 14.0. The first-order valence-electron chi connectivity index (χ1n) is 7.71. The third-order valence-corrected chi connectivity index (χ3v) is 3.80. The highest BCUT2D eigenvalue weighted by atomic mass is 19.1. The number of nitrogens with one attached hydrogen (secondary N) is 1. The molecular formula is C19H23FN2O2. The maximum absolute atomic E-state index is 14.0. The molecule has 1 amide bonds. The minimum atomic E-state index is -0.472. The molecule has 24 heavy (non-hydrogen) atoms.